The van der Waals surface area contributed by atoms with Crippen LogP contribution in [-0.4, -0.2) is 24.1 Å². The average molecular weight is 373 g/mol. The molecular formula is C12H22Na2O2S4. The molecule has 20 heavy (non-hydrogen) atoms. The van der Waals surface area contributed by atoms with Gasteiger partial charge in [0.1, 0.15) is 5.78 Å². The Kier molecular flexibility index (Phi) is 49.0. The van der Waals surface area contributed by atoms with Crippen molar-refractivity contribution in [3.05, 3.63) is 20.6 Å². The van der Waals surface area contributed by atoms with Crippen LogP contribution in [0, 0.1) is 0 Å². The summed E-state index contributed by atoms with van der Waals surface area (Å²) in [4.78, 5) is 20.5. The Labute approximate surface area is 188 Å². The van der Waals surface area contributed by atoms with Crippen molar-refractivity contribution < 1.29 is 68.7 Å². The van der Waals surface area contributed by atoms with Crippen molar-refractivity contribution in [3.8, 4) is 0 Å². The third-order valence-corrected chi connectivity index (χ3v) is 3.32. The molecule has 2 nitrogen and oxygen atoms in total. The van der Waals surface area contributed by atoms with Crippen LogP contribution in [-0.2, 0) is 34.8 Å². The molecule has 0 bridgehead atoms. The van der Waals surface area contributed by atoms with Crippen LogP contribution in [0.15, 0.2) is 20.6 Å². The summed E-state index contributed by atoms with van der Waals surface area (Å²) in [5.74, 6) is 0.0358. The van der Waals surface area contributed by atoms with Crippen molar-refractivity contribution in [2.24, 2.45) is 0 Å². The maximum absolute atomic E-state index is 10.5. The van der Waals surface area contributed by atoms with Crippen molar-refractivity contribution in [1.29, 1.82) is 0 Å². The van der Waals surface area contributed by atoms with Gasteiger partial charge in [0.15, 0.2) is 5.78 Å². The molecule has 0 aliphatic carbocycles. The van der Waals surface area contributed by atoms with Gasteiger partial charge >= 0.3 is 59.1 Å². The first kappa shape index (κ1) is 37.9. The second kappa shape index (κ2) is 25.9. The summed E-state index contributed by atoms with van der Waals surface area (Å²) in [5, 5.41) is 0. The molecule has 0 rings (SSSR count). The molecule has 0 fully saturated rings. The van der Waals surface area contributed by atoms with Crippen LogP contribution in [0.5, 0.6) is 0 Å². The van der Waals surface area contributed by atoms with Gasteiger partial charge in [-0.3, -0.25) is 9.59 Å². The molecule has 0 N–H and O–H groups in total. The minimum absolute atomic E-state index is 0. The number of thioether (sulfide) groups is 2. The van der Waals surface area contributed by atoms with E-state index in [9.17, 15) is 9.59 Å². The Hall–Kier alpha value is 1.96. The molecule has 8 heteroatoms. The Bertz CT molecular complexity index is 296. The van der Waals surface area contributed by atoms with E-state index in [1.165, 1.54) is 13.0 Å². The molecule has 0 unspecified atom stereocenters. The number of hydrogen-bond acceptors (Lipinski definition) is 6. The SMILES string of the molecule is C.C.CC(=O)C=C([S-])[S-].CSC(=CC(C)=O)SC.[Na+].[Na+]. The number of ketones is 2. The van der Waals surface area contributed by atoms with Crippen LogP contribution in [0.2, 0.25) is 0 Å². The minimum Gasteiger partial charge on any atom is -0.807 e. The van der Waals surface area contributed by atoms with E-state index >= 15 is 0 Å². The normalized spacial score (nSPS) is 6.60. The molecule has 0 atom stereocenters. The predicted octanol–water partition coefficient (Wildman–Crippen LogP) is -2.07. The molecule has 0 aromatic carbocycles. The summed E-state index contributed by atoms with van der Waals surface area (Å²) >= 11 is 12.0. The molecule has 0 spiro atoms. The van der Waals surface area contributed by atoms with E-state index in [-0.39, 0.29) is 89.8 Å². The van der Waals surface area contributed by atoms with Crippen molar-refractivity contribution in [1.82, 2.24) is 0 Å². The maximum Gasteiger partial charge on any atom is 1.00 e. The van der Waals surface area contributed by atoms with E-state index < -0.39 is 0 Å². The van der Waals surface area contributed by atoms with Crippen molar-refractivity contribution in [2.45, 2.75) is 28.7 Å². The molecule has 0 radical (unpaired) electrons. The summed E-state index contributed by atoms with van der Waals surface area (Å²) in [6.45, 7) is 2.98. The van der Waals surface area contributed by atoms with Crippen molar-refractivity contribution in [2.75, 3.05) is 12.5 Å². The van der Waals surface area contributed by atoms with Gasteiger partial charge in [-0.15, -0.1) is 23.5 Å². The number of carbonyl (C=O) groups is 2. The largest absolute Gasteiger partial charge is 1.00 e. The first-order valence-electron chi connectivity index (χ1n) is 4.20. The number of hydrogen-bond donors (Lipinski definition) is 0. The molecular weight excluding hydrogens is 350 g/mol. The monoisotopic (exact) mass is 372 g/mol. The first-order chi connectivity index (χ1) is 7.33. The second-order valence-electron chi connectivity index (χ2n) is 2.56. The van der Waals surface area contributed by atoms with Gasteiger partial charge in [-0.05, 0) is 26.4 Å². The smallest absolute Gasteiger partial charge is 0.807 e. The molecule has 0 aromatic heterocycles. The topological polar surface area (TPSA) is 34.1 Å². The van der Waals surface area contributed by atoms with Gasteiger partial charge in [0.05, 0.1) is 0 Å². The van der Waals surface area contributed by atoms with Gasteiger partial charge in [0, 0.05) is 10.3 Å². The molecule has 0 aliphatic rings. The van der Waals surface area contributed by atoms with Gasteiger partial charge < -0.3 is 29.5 Å². The standard InChI is InChI=1S/C6H10OS2.C4H6OS2.2CH4.2Na/c1-5(7)4-6(8-2)9-3;1-3(5)2-4(6)7;;;;/h4H,1-3H3;2,6-7H,1H3;2*1H4;;/q;;;;2*+1/p-2. The summed E-state index contributed by atoms with van der Waals surface area (Å²) in [6, 6.07) is 0. The van der Waals surface area contributed by atoms with E-state index in [1.807, 2.05) is 12.5 Å². The Morgan fingerprint density at radius 3 is 1.20 bits per heavy atom. The summed E-state index contributed by atoms with van der Waals surface area (Å²) < 4.78 is 1.30. The molecule has 108 valence electrons. The summed E-state index contributed by atoms with van der Waals surface area (Å²) in [5.41, 5.74) is 0. The van der Waals surface area contributed by atoms with Gasteiger partial charge in [0.25, 0.3) is 0 Å². The Balaban J connectivity index is -0.0000000416. The van der Waals surface area contributed by atoms with E-state index in [4.69, 9.17) is 0 Å². The first-order valence-corrected chi connectivity index (χ1v) is 7.46. The Morgan fingerprint density at radius 2 is 1.15 bits per heavy atom. The Morgan fingerprint density at radius 1 is 0.850 bits per heavy atom. The van der Waals surface area contributed by atoms with Crippen LogP contribution < -0.4 is 59.1 Å². The van der Waals surface area contributed by atoms with Crippen LogP contribution in [0.4, 0.5) is 0 Å². The molecule has 0 heterocycles. The fourth-order valence-corrected chi connectivity index (χ4v) is 2.10. The molecule has 0 saturated heterocycles. The zero-order valence-electron chi connectivity index (χ0n) is 11.6. The van der Waals surface area contributed by atoms with Crippen molar-refractivity contribution >= 4 is 60.3 Å². The summed E-state index contributed by atoms with van der Waals surface area (Å²) in [7, 11) is 0. The fourth-order valence-electron chi connectivity index (χ4n) is 0.533. The zero-order valence-corrected chi connectivity index (χ0v) is 18.9. The van der Waals surface area contributed by atoms with E-state index in [2.05, 4.69) is 25.3 Å². The molecule has 0 aromatic rings. The number of allylic oxidation sites excluding steroid dienone is 2. The van der Waals surface area contributed by atoms with Crippen LogP contribution in [0.3, 0.4) is 0 Å². The third kappa shape index (κ3) is 36.8. The van der Waals surface area contributed by atoms with E-state index in [0.717, 1.165) is 4.24 Å². The number of rotatable bonds is 4. The fraction of sp³-hybridized carbons (Fsp3) is 0.500. The van der Waals surface area contributed by atoms with Crippen LogP contribution >= 0.6 is 23.5 Å². The minimum atomic E-state index is -0.0833. The average Bonchev–Trinajstić information content (AvgIpc) is 2.12. The van der Waals surface area contributed by atoms with Gasteiger partial charge in [0.2, 0.25) is 0 Å². The molecule has 0 saturated carbocycles. The van der Waals surface area contributed by atoms with E-state index in [0.29, 0.717) is 0 Å². The van der Waals surface area contributed by atoms with Crippen LogP contribution in [0.1, 0.15) is 28.7 Å². The maximum atomic E-state index is 10.5. The van der Waals surface area contributed by atoms with Crippen LogP contribution in [0.25, 0.3) is 0 Å². The quantitative estimate of drug-likeness (QED) is 0.321. The van der Waals surface area contributed by atoms with E-state index in [1.54, 1.807) is 36.5 Å². The van der Waals surface area contributed by atoms with Gasteiger partial charge in [-0.1, -0.05) is 20.9 Å². The van der Waals surface area contributed by atoms with Crippen molar-refractivity contribution in [3.63, 3.8) is 0 Å². The number of carbonyl (C=O) groups excluding carboxylic acids is 2. The zero-order chi connectivity index (χ0) is 13.1. The molecule has 0 aliphatic heterocycles. The molecule has 0 amide bonds. The second-order valence-corrected chi connectivity index (χ2v) is 5.65. The third-order valence-electron chi connectivity index (χ3n) is 1.04. The van der Waals surface area contributed by atoms with Gasteiger partial charge in [-0.2, -0.15) is 0 Å². The summed E-state index contributed by atoms with van der Waals surface area (Å²) in [6.07, 6.45) is 6.82. The van der Waals surface area contributed by atoms with Gasteiger partial charge in [-0.25, -0.2) is 0 Å². The predicted molar refractivity (Wildman–Crippen MR) is 92.8 cm³/mol.